The Morgan fingerprint density at radius 2 is 1.78 bits per heavy atom. The van der Waals surface area contributed by atoms with Crippen molar-refractivity contribution in [2.45, 2.75) is 44.7 Å². The average Bonchev–Trinajstić information content (AvgIpc) is 3.47. The van der Waals surface area contributed by atoms with Crippen molar-refractivity contribution in [2.75, 3.05) is 6.54 Å². The number of pyridine rings is 1. The van der Waals surface area contributed by atoms with Crippen LogP contribution in [0.3, 0.4) is 0 Å². The number of rotatable bonds is 6. The van der Waals surface area contributed by atoms with Crippen molar-refractivity contribution in [3.63, 3.8) is 0 Å². The number of aromatic nitrogens is 1. The number of fused-ring (bicyclic) bond motifs is 1. The van der Waals surface area contributed by atoms with Crippen molar-refractivity contribution in [2.24, 2.45) is 0 Å². The van der Waals surface area contributed by atoms with Crippen LogP contribution in [0, 0.1) is 0 Å². The third-order valence-corrected chi connectivity index (χ3v) is 6.20. The third kappa shape index (κ3) is 5.13. The number of nitrogens with zero attached hydrogens (tertiary/aromatic N) is 2. The number of carbonyl (C=O) groups is 4. The molecule has 3 amide bonds. The summed E-state index contributed by atoms with van der Waals surface area (Å²) < 4.78 is 39.9. The lowest BCUT2D eigenvalue weighted by Crippen LogP contribution is -2.42. The van der Waals surface area contributed by atoms with Crippen LogP contribution in [0.1, 0.15) is 45.6 Å². The first-order chi connectivity index (χ1) is 17.4. The molecule has 0 saturated carbocycles. The molecule has 2 aromatic rings. The van der Waals surface area contributed by atoms with Crippen LogP contribution in [0.25, 0.3) is 0 Å². The molecule has 1 fully saturated rings. The molecule has 1 aromatic heterocycles. The minimum absolute atomic E-state index is 0.0599. The molecule has 37 heavy (non-hydrogen) atoms. The van der Waals surface area contributed by atoms with Crippen molar-refractivity contribution in [1.82, 2.24) is 20.1 Å². The lowest BCUT2D eigenvalue weighted by atomic mass is 10.1. The van der Waals surface area contributed by atoms with Gasteiger partial charge in [0.15, 0.2) is 0 Å². The van der Waals surface area contributed by atoms with Crippen LogP contribution in [-0.2, 0) is 40.2 Å². The molecular weight excluding hydrogens is 501 g/mol. The van der Waals surface area contributed by atoms with E-state index in [2.05, 4.69) is 5.32 Å². The van der Waals surface area contributed by atoms with Gasteiger partial charge in [-0.2, -0.15) is 13.2 Å². The highest BCUT2D eigenvalue weighted by Crippen LogP contribution is 2.33. The van der Waals surface area contributed by atoms with Gasteiger partial charge in [-0.05, 0) is 24.1 Å². The first-order valence-electron chi connectivity index (χ1n) is 11.1. The van der Waals surface area contributed by atoms with Crippen LogP contribution in [-0.4, -0.2) is 56.0 Å². The van der Waals surface area contributed by atoms with Crippen LogP contribution < -0.4 is 16.2 Å². The Kier molecular flexibility index (Phi) is 6.67. The first kappa shape index (κ1) is 25.7. The number of aromatic hydroxyl groups is 1. The number of hydrogen-bond donors (Lipinski definition) is 4. The Bertz CT molecular complexity index is 1350. The van der Waals surface area contributed by atoms with Gasteiger partial charge in [0.1, 0.15) is 23.9 Å². The van der Waals surface area contributed by atoms with Crippen LogP contribution >= 0.6 is 0 Å². The summed E-state index contributed by atoms with van der Waals surface area (Å²) in [5.74, 6) is -4.05. The Balaban J connectivity index is 1.73. The number of hydrogen-bond acceptors (Lipinski definition) is 6. The molecule has 0 unspecified atom stereocenters. The van der Waals surface area contributed by atoms with Crippen LogP contribution in [0.5, 0.6) is 5.75 Å². The minimum Gasteiger partial charge on any atom is -0.506 e. The molecule has 0 bridgehead atoms. The molecule has 14 heteroatoms. The largest absolute Gasteiger partial charge is 0.506 e. The van der Waals surface area contributed by atoms with E-state index < -0.39 is 59.0 Å². The maximum atomic E-state index is 13.3. The summed E-state index contributed by atoms with van der Waals surface area (Å²) in [5.41, 5.74) is -2.17. The summed E-state index contributed by atoms with van der Waals surface area (Å²) in [6.07, 6.45) is -4.15. The summed E-state index contributed by atoms with van der Waals surface area (Å²) in [4.78, 5) is 62.5. The summed E-state index contributed by atoms with van der Waals surface area (Å²) in [6, 6.07) is 3.19. The molecule has 11 nitrogen and oxygen atoms in total. The standard InChI is InChI=1S/C23H21F3N4O7/c24-23(25,26)12-3-1-11(2-4-12)8-30-15-10-29(21(36)14-5-6-16(31)28-14)9-13(15)19(34)18(22(30)37)20(35)27-7-17(32)33/h1-4,14,34H,5-10H2,(H,27,35)(H,28,31)(H,32,33)/t14-/m0/s1. The van der Waals surface area contributed by atoms with E-state index in [0.717, 1.165) is 28.8 Å². The lowest BCUT2D eigenvalue weighted by molar-refractivity contribution is -0.138. The van der Waals surface area contributed by atoms with E-state index in [1.165, 1.54) is 4.90 Å². The molecule has 1 atom stereocenters. The Labute approximate surface area is 206 Å². The second-order valence-electron chi connectivity index (χ2n) is 8.66. The molecule has 0 spiro atoms. The molecule has 0 aliphatic carbocycles. The van der Waals surface area contributed by atoms with Crippen molar-refractivity contribution >= 4 is 23.7 Å². The molecule has 2 aliphatic rings. The fraction of sp³-hybridized carbons (Fsp3) is 0.348. The zero-order valence-electron chi connectivity index (χ0n) is 19.1. The molecule has 2 aliphatic heterocycles. The first-order valence-corrected chi connectivity index (χ1v) is 11.1. The van der Waals surface area contributed by atoms with E-state index in [-0.39, 0.29) is 55.2 Å². The quantitative estimate of drug-likeness (QED) is 0.432. The Hall–Kier alpha value is -4.36. The normalized spacial score (nSPS) is 16.9. The molecule has 1 saturated heterocycles. The van der Waals surface area contributed by atoms with Gasteiger partial charge in [0, 0.05) is 17.7 Å². The summed E-state index contributed by atoms with van der Waals surface area (Å²) in [5, 5.41) is 24.2. The molecule has 4 rings (SSSR count). The highest BCUT2D eigenvalue weighted by Gasteiger charge is 2.38. The summed E-state index contributed by atoms with van der Waals surface area (Å²) >= 11 is 0. The second kappa shape index (κ2) is 9.59. The van der Waals surface area contributed by atoms with Crippen LogP contribution in [0.4, 0.5) is 13.2 Å². The van der Waals surface area contributed by atoms with E-state index in [1.54, 1.807) is 0 Å². The maximum Gasteiger partial charge on any atom is 0.416 e. The number of carboxylic acids is 1. The van der Waals surface area contributed by atoms with Gasteiger partial charge in [-0.25, -0.2) is 0 Å². The highest BCUT2D eigenvalue weighted by atomic mass is 19.4. The highest BCUT2D eigenvalue weighted by molar-refractivity contribution is 5.98. The second-order valence-corrected chi connectivity index (χ2v) is 8.66. The zero-order chi connectivity index (χ0) is 27.1. The van der Waals surface area contributed by atoms with Gasteiger partial charge in [0.25, 0.3) is 11.5 Å². The SMILES string of the molecule is O=C(O)CNC(=O)c1c(O)c2c(n(Cc3ccc(C(F)(F)F)cc3)c1=O)CN(C(=O)[C@@H]1CCC(=O)N1)C2. The van der Waals surface area contributed by atoms with Gasteiger partial charge >= 0.3 is 12.1 Å². The predicted octanol–water partition coefficient (Wildman–Crippen LogP) is 0.556. The van der Waals surface area contributed by atoms with Gasteiger partial charge in [-0.1, -0.05) is 12.1 Å². The number of carbonyl (C=O) groups excluding carboxylic acids is 3. The molecule has 196 valence electrons. The van der Waals surface area contributed by atoms with Gasteiger partial charge in [0.2, 0.25) is 11.8 Å². The topological polar surface area (TPSA) is 158 Å². The third-order valence-electron chi connectivity index (χ3n) is 6.20. The summed E-state index contributed by atoms with van der Waals surface area (Å²) in [6.45, 7) is -1.50. The van der Waals surface area contributed by atoms with Gasteiger partial charge in [-0.15, -0.1) is 0 Å². The van der Waals surface area contributed by atoms with Crippen LogP contribution in [0.15, 0.2) is 29.1 Å². The Morgan fingerprint density at radius 1 is 1.11 bits per heavy atom. The van der Waals surface area contributed by atoms with Crippen molar-refractivity contribution in [3.8, 4) is 5.75 Å². The number of nitrogens with one attached hydrogen (secondary N) is 2. The zero-order valence-corrected chi connectivity index (χ0v) is 19.1. The van der Waals surface area contributed by atoms with Crippen LogP contribution in [0.2, 0.25) is 0 Å². The predicted molar refractivity (Wildman–Crippen MR) is 118 cm³/mol. The van der Waals surface area contributed by atoms with Gasteiger partial charge in [0.05, 0.1) is 25.2 Å². The van der Waals surface area contributed by atoms with Gasteiger partial charge in [-0.3, -0.25) is 24.0 Å². The molecule has 1 aromatic carbocycles. The number of carboxylic acid groups (broad SMARTS) is 1. The fourth-order valence-corrected chi connectivity index (χ4v) is 4.36. The van der Waals surface area contributed by atoms with E-state index in [0.29, 0.717) is 0 Å². The van der Waals surface area contributed by atoms with Crippen molar-refractivity contribution in [3.05, 3.63) is 62.6 Å². The number of halogens is 3. The van der Waals surface area contributed by atoms with E-state index in [1.807, 2.05) is 5.32 Å². The number of aliphatic carboxylic acids is 1. The van der Waals surface area contributed by atoms with E-state index in [9.17, 15) is 42.3 Å². The molecular formula is C23H21F3N4O7. The fourth-order valence-electron chi connectivity index (χ4n) is 4.36. The van der Waals surface area contributed by atoms with Crippen molar-refractivity contribution < 1.29 is 42.6 Å². The molecule has 3 heterocycles. The minimum atomic E-state index is -4.57. The van der Waals surface area contributed by atoms with E-state index >= 15 is 0 Å². The van der Waals surface area contributed by atoms with Gasteiger partial charge < -0.3 is 30.3 Å². The summed E-state index contributed by atoms with van der Waals surface area (Å²) in [7, 11) is 0. The lowest BCUT2D eigenvalue weighted by Gasteiger charge is -2.20. The Morgan fingerprint density at radius 3 is 2.35 bits per heavy atom. The van der Waals surface area contributed by atoms with Crippen molar-refractivity contribution in [1.29, 1.82) is 0 Å². The molecule has 0 radical (unpaired) electrons. The number of amides is 3. The smallest absolute Gasteiger partial charge is 0.416 e. The number of alkyl halides is 3. The van der Waals surface area contributed by atoms with E-state index in [4.69, 9.17) is 5.11 Å². The number of benzene rings is 1. The average molecular weight is 522 g/mol. The monoisotopic (exact) mass is 522 g/mol. The molecule has 4 N–H and O–H groups in total. The maximum absolute atomic E-state index is 13.3.